The molecule has 0 saturated heterocycles. The van der Waals surface area contributed by atoms with Gasteiger partial charge in [-0.1, -0.05) is 68.8 Å². The van der Waals surface area contributed by atoms with E-state index in [0.717, 1.165) is 11.1 Å². The molecular weight excluding hydrogens is 398 g/mol. The molecular formula is C24H24ClN3O2. The van der Waals surface area contributed by atoms with Gasteiger partial charge in [-0.3, -0.25) is 9.59 Å². The monoisotopic (exact) mass is 421 g/mol. The van der Waals surface area contributed by atoms with Crippen molar-refractivity contribution in [1.82, 2.24) is 9.99 Å². The first-order valence-corrected chi connectivity index (χ1v) is 10.00. The van der Waals surface area contributed by atoms with Gasteiger partial charge in [0.15, 0.2) is 0 Å². The molecule has 0 aliphatic carbocycles. The molecule has 2 aromatic carbocycles. The lowest BCUT2D eigenvalue weighted by Gasteiger charge is -2.18. The third kappa shape index (κ3) is 5.45. The van der Waals surface area contributed by atoms with Crippen molar-refractivity contribution in [3.63, 3.8) is 0 Å². The molecule has 1 heterocycles. The summed E-state index contributed by atoms with van der Waals surface area (Å²) in [5.74, 6) is -0.553. The van der Waals surface area contributed by atoms with Crippen LogP contribution in [-0.4, -0.2) is 16.7 Å². The van der Waals surface area contributed by atoms with E-state index >= 15 is 0 Å². The third-order valence-electron chi connectivity index (χ3n) is 4.66. The van der Waals surface area contributed by atoms with E-state index in [1.165, 1.54) is 16.2 Å². The molecule has 3 aromatic rings. The van der Waals surface area contributed by atoms with E-state index in [1.54, 1.807) is 30.6 Å². The maximum atomic E-state index is 12.7. The number of carbonyl (C=O) groups is 1. The number of hydrazone groups is 1. The summed E-state index contributed by atoms with van der Waals surface area (Å²) < 4.78 is 1.47. The van der Waals surface area contributed by atoms with Crippen molar-refractivity contribution in [2.45, 2.75) is 32.7 Å². The normalized spacial score (nSPS) is 11.6. The number of carbonyl (C=O) groups excluding carboxylic acids is 1. The Morgan fingerprint density at radius 2 is 1.83 bits per heavy atom. The topological polar surface area (TPSA) is 63.5 Å². The summed E-state index contributed by atoms with van der Waals surface area (Å²) in [5, 5.41) is 4.58. The third-order valence-corrected chi connectivity index (χ3v) is 4.90. The van der Waals surface area contributed by atoms with Crippen molar-refractivity contribution in [2.75, 3.05) is 0 Å². The lowest BCUT2D eigenvalue weighted by Crippen LogP contribution is -2.30. The molecule has 6 heteroatoms. The summed E-state index contributed by atoms with van der Waals surface area (Å²) >= 11 is 6.00. The molecule has 0 aliphatic heterocycles. The number of hydrogen-bond donors (Lipinski definition) is 1. The Labute approximate surface area is 181 Å². The Balaban J connectivity index is 1.70. The van der Waals surface area contributed by atoms with Gasteiger partial charge in [0.1, 0.15) is 5.56 Å². The molecule has 1 amide bonds. The molecule has 3 rings (SSSR count). The van der Waals surface area contributed by atoms with E-state index in [4.69, 9.17) is 11.6 Å². The molecule has 0 aliphatic rings. The van der Waals surface area contributed by atoms with Crippen molar-refractivity contribution in [3.05, 3.63) is 104 Å². The molecule has 1 N–H and O–H groups in total. The SMILES string of the molecule is CC(C)(C)c1ccc(/C=N\NC(=O)c2cccn(Cc3cccc(Cl)c3)c2=O)cc1. The zero-order valence-corrected chi connectivity index (χ0v) is 18.0. The molecule has 5 nitrogen and oxygen atoms in total. The zero-order valence-electron chi connectivity index (χ0n) is 17.2. The van der Waals surface area contributed by atoms with Gasteiger partial charge in [0.2, 0.25) is 0 Å². The predicted molar refractivity (Wildman–Crippen MR) is 121 cm³/mol. The van der Waals surface area contributed by atoms with Crippen molar-refractivity contribution < 1.29 is 4.79 Å². The molecule has 0 radical (unpaired) electrons. The predicted octanol–water partition coefficient (Wildman–Crippen LogP) is 4.61. The average Bonchev–Trinajstić information content (AvgIpc) is 2.69. The quantitative estimate of drug-likeness (QED) is 0.483. The lowest BCUT2D eigenvalue weighted by atomic mass is 9.87. The highest BCUT2D eigenvalue weighted by Crippen LogP contribution is 2.21. The zero-order chi connectivity index (χ0) is 21.7. The highest BCUT2D eigenvalue weighted by molar-refractivity contribution is 6.30. The van der Waals surface area contributed by atoms with E-state index < -0.39 is 5.91 Å². The molecule has 0 atom stereocenters. The van der Waals surface area contributed by atoms with Gasteiger partial charge in [-0.15, -0.1) is 0 Å². The number of nitrogens with one attached hydrogen (secondary N) is 1. The van der Waals surface area contributed by atoms with E-state index in [0.29, 0.717) is 11.6 Å². The summed E-state index contributed by atoms with van der Waals surface area (Å²) in [5.41, 5.74) is 5.09. The Hall–Kier alpha value is -3.18. The minimum Gasteiger partial charge on any atom is -0.310 e. The molecule has 0 spiro atoms. The molecule has 0 fully saturated rings. The van der Waals surface area contributed by atoms with Gasteiger partial charge in [0, 0.05) is 11.2 Å². The number of benzene rings is 2. The van der Waals surface area contributed by atoms with Crippen LogP contribution in [0.2, 0.25) is 5.02 Å². The van der Waals surface area contributed by atoms with Crippen LogP contribution in [0.25, 0.3) is 0 Å². The number of nitrogens with zero attached hydrogens (tertiary/aromatic N) is 2. The van der Waals surface area contributed by atoms with E-state index in [2.05, 4.69) is 31.3 Å². The second-order valence-corrected chi connectivity index (χ2v) is 8.49. The minimum atomic E-state index is -0.553. The number of aromatic nitrogens is 1. The van der Waals surface area contributed by atoms with Crippen LogP contribution in [0, 0.1) is 0 Å². The molecule has 154 valence electrons. The lowest BCUT2D eigenvalue weighted by molar-refractivity contribution is 0.0953. The number of halogens is 1. The molecule has 30 heavy (non-hydrogen) atoms. The highest BCUT2D eigenvalue weighted by atomic mass is 35.5. The number of amides is 1. The highest BCUT2D eigenvalue weighted by Gasteiger charge is 2.13. The summed E-state index contributed by atoms with van der Waals surface area (Å²) in [6.45, 7) is 6.77. The van der Waals surface area contributed by atoms with Gasteiger partial charge in [0.05, 0.1) is 12.8 Å². The molecule has 0 unspecified atom stereocenters. The van der Waals surface area contributed by atoms with Crippen molar-refractivity contribution in [1.29, 1.82) is 0 Å². The van der Waals surface area contributed by atoms with Crippen LogP contribution in [0.1, 0.15) is 47.8 Å². The largest absolute Gasteiger partial charge is 0.310 e. The van der Waals surface area contributed by atoms with Crippen LogP contribution in [0.5, 0.6) is 0 Å². The summed E-state index contributed by atoms with van der Waals surface area (Å²) in [7, 11) is 0. The van der Waals surface area contributed by atoms with Crippen LogP contribution >= 0.6 is 11.6 Å². The summed E-state index contributed by atoms with van der Waals surface area (Å²) in [6, 6.07) is 18.4. The smallest absolute Gasteiger partial charge is 0.276 e. The number of pyridine rings is 1. The van der Waals surface area contributed by atoms with Crippen LogP contribution in [-0.2, 0) is 12.0 Å². The standard InChI is InChI=1S/C24H24ClN3O2/c1-24(2,3)19-11-9-17(10-12-19)15-26-27-22(29)21-8-5-13-28(23(21)30)16-18-6-4-7-20(25)14-18/h4-15H,16H2,1-3H3,(H,27,29)/b26-15-. The first kappa shape index (κ1) is 21.5. The van der Waals surface area contributed by atoms with Crippen LogP contribution in [0.15, 0.2) is 76.8 Å². The van der Waals surface area contributed by atoms with Crippen LogP contribution in [0.4, 0.5) is 0 Å². The second-order valence-electron chi connectivity index (χ2n) is 8.06. The van der Waals surface area contributed by atoms with Gasteiger partial charge in [-0.25, -0.2) is 5.43 Å². The van der Waals surface area contributed by atoms with Gasteiger partial charge in [-0.2, -0.15) is 5.10 Å². The van der Waals surface area contributed by atoms with E-state index in [9.17, 15) is 9.59 Å². The Morgan fingerprint density at radius 3 is 2.50 bits per heavy atom. The first-order valence-electron chi connectivity index (χ1n) is 9.62. The molecule has 0 bridgehead atoms. The number of hydrogen-bond acceptors (Lipinski definition) is 3. The average molecular weight is 422 g/mol. The fourth-order valence-electron chi connectivity index (χ4n) is 2.96. The fraction of sp³-hybridized carbons (Fsp3) is 0.208. The second kappa shape index (κ2) is 9.09. The maximum Gasteiger partial charge on any atom is 0.276 e. The molecule has 0 saturated carbocycles. The van der Waals surface area contributed by atoms with Crippen molar-refractivity contribution in [2.24, 2.45) is 5.10 Å². The maximum absolute atomic E-state index is 12.7. The minimum absolute atomic E-state index is 0.0276. The Kier molecular flexibility index (Phi) is 6.53. The van der Waals surface area contributed by atoms with Gasteiger partial charge in [0.25, 0.3) is 11.5 Å². The van der Waals surface area contributed by atoms with Gasteiger partial charge in [-0.05, 0) is 46.4 Å². The van der Waals surface area contributed by atoms with Crippen LogP contribution in [0.3, 0.4) is 0 Å². The summed E-state index contributed by atoms with van der Waals surface area (Å²) in [6.07, 6.45) is 3.19. The fourth-order valence-corrected chi connectivity index (χ4v) is 3.17. The summed E-state index contributed by atoms with van der Waals surface area (Å²) in [4.78, 5) is 25.1. The van der Waals surface area contributed by atoms with Crippen molar-refractivity contribution in [3.8, 4) is 0 Å². The number of rotatable bonds is 5. The van der Waals surface area contributed by atoms with E-state index in [-0.39, 0.29) is 16.5 Å². The first-order chi connectivity index (χ1) is 14.2. The van der Waals surface area contributed by atoms with Crippen LogP contribution < -0.4 is 11.0 Å². The van der Waals surface area contributed by atoms with Gasteiger partial charge < -0.3 is 4.57 Å². The Morgan fingerprint density at radius 1 is 1.10 bits per heavy atom. The van der Waals surface area contributed by atoms with Crippen molar-refractivity contribution >= 4 is 23.7 Å². The van der Waals surface area contributed by atoms with E-state index in [1.807, 2.05) is 36.4 Å². The molecule has 1 aromatic heterocycles. The Bertz CT molecular complexity index is 1130. The van der Waals surface area contributed by atoms with Gasteiger partial charge >= 0.3 is 0 Å².